The van der Waals surface area contributed by atoms with Crippen LogP contribution in [-0.2, 0) is 4.74 Å². The molecule has 2 aliphatic carbocycles. The molecule has 0 spiro atoms. The van der Waals surface area contributed by atoms with E-state index in [-0.39, 0.29) is 0 Å². The SMILES string of the molecule is CCCNC(CCCOC)CC1CC2CCC1C2. The van der Waals surface area contributed by atoms with E-state index in [0.29, 0.717) is 0 Å². The van der Waals surface area contributed by atoms with Crippen LogP contribution in [0.3, 0.4) is 0 Å². The van der Waals surface area contributed by atoms with Crippen LogP contribution in [0, 0.1) is 17.8 Å². The van der Waals surface area contributed by atoms with Crippen LogP contribution in [0.25, 0.3) is 0 Å². The molecule has 0 aromatic rings. The van der Waals surface area contributed by atoms with Gasteiger partial charge in [-0.25, -0.2) is 0 Å². The Bertz CT molecular complexity index is 231. The lowest BCUT2D eigenvalue weighted by molar-refractivity contribution is 0.183. The van der Waals surface area contributed by atoms with E-state index in [0.717, 1.165) is 30.4 Å². The van der Waals surface area contributed by atoms with Crippen molar-refractivity contribution in [3.05, 3.63) is 0 Å². The monoisotopic (exact) mass is 253 g/mol. The maximum atomic E-state index is 5.19. The Morgan fingerprint density at radius 2 is 2.17 bits per heavy atom. The fourth-order valence-corrected chi connectivity index (χ4v) is 4.16. The van der Waals surface area contributed by atoms with Crippen molar-refractivity contribution in [2.75, 3.05) is 20.3 Å². The molecule has 4 atom stereocenters. The third-order valence-electron chi connectivity index (χ3n) is 5.06. The molecule has 0 saturated heterocycles. The van der Waals surface area contributed by atoms with Gasteiger partial charge in [-0.3, -0.25) is 0 Å². The molecular formula is C16H31NO. The normalized spacial score (nSPS) is 32.0. The van der Waals surface area contributed by atoms with Crippen LogP contribution in [0.5, 0.6) is 0 Å². The Kier molecular flexibility index (Phi) is 5.97. The van der Waals surface area contributed by atoms with Gasteiger partial charge in [-0.2, -0.15) is 0 Å². The second kappa shape index (κ2) is 7.49. The predicted octanol–water partition coefficient (Wildman–Crippen LogP) is 3.61. The Labute approximate surface area is 113 Å². The van der Waals surface area contributed by atoms with Crippen molar-refractivity contribution in [1.82, 2.24) is 5.32 Å². The summed E-state index contributed by atoms with van der Waals surface area (Å²) in [7, 11) is 1.81. The second-order valence-corrected chi connectivity index (χ2v) is 6.46. The number of hydrogen-bond donors (Lipinski definition) is 1. The van der Waals surface area contributed by atoms with Gasteiger partial charge in [0.05, 0.1) is 0 Å². The van der Waals surface area contributed by atoms with E-state index in [1.807, 2.05) is 7.11 Å². The number of hydrogen-bond acceptors (Lipinski definition) is 2. The van der Waals surface area contributed by atoms with Gasteiger partial charge >= 0.3 is 0 Å². The number of rotatable bonds is 9. The average molecular weight is 253 g/mol. The van der Waals surface area contributed by atoms with E-state index in [1.165, 1.54) is 51.5 Å². The van der Waals surface area contributed by atoms with Crippen LogP contribution in [0.2, 0.25) is 0 Å². The van der Waals surface area contributed by atoms with Crippen molar-refractivity contribution in [1.29, 1.82) is 0 Å². The molecule has 2 heteroatoms. The number of ether oxygens (including phenoxy) is 1. The van der Waals surface area contributed by atoms with Crippen LogP contribution < -0.4 is 5.32 Å². The molecule has 0 aromatic carbocycles. The van der Waals surface area contributed by atoms with E-state index in [2.05, 4.69) is 12.2 Å². The van der Waals surface area contributed by atoms with E-state index in [9.17, 15) is 0 Å². The summed E-state index contributed by atoms with van der Waals surface area (Å²) in [5.41, 5.74) is 0. The maximum Gasteiger partial charge on any atom is 0.0462 e. The molecule has 2 rings (SSSR count). The first-order valence-electron chi connectivity index (χ1n) is 8.05. The molecule has 2 fully saturated rings. The highest BCUT2D eigenvalue weighted by molar-refractivity contribution is 4.91. The van der Waals surface area contributed by atoms with Crippen LogP contribution in [0.15, 0.2) is 0 Å². The Balaban J connectivity index is 1.73. The molecule has 0 radical (unpaired) electrons. The fourth-order valence-electron chi connectivity index (χ4n) is 4.16. The van der Waals surface area contributed by atoms with E-state index >= 15 is 0 Å². The summed E-state index contributed by atoms with van der Waals surface area (Å²) in [4.78, 5) is 0. The van der Waals surface area contributed by atoms with Crippen molar-refractivity contribution < 1.29 is 4.74 Å². The number of fused-ring (bicyclic) bond motifs is 2. The lowest BCUT2D eigenvalue weighted by Crippen LogP contribution is -2.33. The summed E-state index contributed by atoms with van der Waals surface area (Å²) >= 11 is 0. The molecule has 18 heavy (non-hydrogen) atoms. The summed E-state index contributed by atoms with van der Waals surface area (Å²) in [6.07, 6.45) is 11.3. The maximum absolute atomic E-state index is 5.19. The molecule has 0 amide bonds. The molecule has 2 saturated carbocycles. The topological polar surface area (TPSA) is 21.3 Å². The van der Waals surface area contributed by atoms with Gasteiger partial charge in [0.2, 0.25) is 0 Å². The fraction of sp³-hybridized carbons (Fsp3) is 1.00. The number of methoxy groups -OCH3 is 1. The molecule has 0 aromatic heterocycles. The first-order valence-corrected chi connectivity index (χ1v) is 8.05. The Hall–Kier alpha value is -0.0800. The molecule has 2 nitrogen and oxygen atoms in total. The smallest absolute Gasteiger partial charge is 0.0462 e. The Morgan fingerprint density at radius 1 is 1.28 bits per heavy atom. The molecule has 2 bridgehead atoms. The van der Waals surface area contributed by atoms with Crippen molar-refractivity contribution in [2.24, 2.45) is 17.8 Å². The molecule has 0 aliphatic heterocycles. The summed E-state index contributed by atoms with van der Waals surface area (Å²) in [6, 6.07) is 0.740. The van der Waals surface area contributed by atoms with Gasteiger partial charge in [0.1, 0.15) is 0 Å². The van der Waals surface area contributed by atoms with Crippen LogP contribution in [0.4, 0.5) is 0 Å². The average Bonchev–Trinajstić information content (AvgIpc) is 2.98. The first kappa shape index (κ1) is 14.3. The molecule has 106 valence electrons. The summed E-state index contributed by atoms with van der Waals surface area (Å²) < 4.78 is 5.19. The summed E-state index contributed by atoms with van der Waals surface area (Å²) in [5.74, 6) is 3.19. The standard InChI is InChI=1S/C16H31NO/c1-3-8-17-16(5-4-9-18-2)12-15-11-13-6-7-14(15)10-13/h13-17H,3-12H2,1-2H3. The minimum atomic E-state index is 0.740. The number of nitrogens with one attached hydrogen (secondary N) is 1. The van der Waals surface area contributed by atoms with Gasteiger partial charge < -0.3 is 10.1 Å². The highest BCUT2D eigenvalue weighted by Crippen LogP contribution is 2.50. The van der Waals surface area contributed by atoms with Crippen molar-refractivity contribution in [2.45, 2.75) is 64.3 Å². The quantitative estimate of drug-likeness (QED) is 0.634. The highest BCUT2D eigenvalue weighted by Gasteiger charge is 2.39. The predicted molar refractivity (Wildman–Crippen MR) is 76.7 cm³/mol. The van der Waals surface area contributed by atoms with Gasteiger partial charge in [0.25, 0.3) is 0 Å². The zero-order chi connectivity index (χ0) is 12.8. The van der Waals surface area contributed by atoms with Crippen molar-refractivity contribution in [3.63, 3.8) is 0 Å². The lowest BCUT2D eigenvalue weighted by Gasteiger charge is -2.27. The summed E-state index contributed by atoms with van der Waals surface area (Å²) in [6.45, 7) is 4.36. The summed E-state index contributed by atoms with van der Waals surface area (Å²) in [5, 5.41) is 3.76. The lowest BCUT2D eigenvalue weighted by atomic mass is 9.83. The minimum absolute atomic E-state index is 0.740. The molecule has 1 N–H and O–H groups in total. The van der Waals surface area contributed by atoms with Gasteiger partial charge in [-0.05, 0) is 69.2 Å². The van der Waals surface area contributed by atoms with Crippen LogP contribution in [-0.4, -0.2) is 26.3 Å². The van der Waals surface area contributed by atoms with Gasteiger partial charge in [-0.15, -0.1) is 0 Å². The van der Waals surface area contributed by atoms with Gasteiger partial charge in [0, 0.05) is 19.8 Å². The van der Waals surface area contributed by atoms with Gasteiger partial charge in [-0.1, -0.05) is 13.3 Å². The first-order chi connectivity index (χ1) is 8.83. The second-order valence-electron chi connectivity index (χ2n) is 6.46. The zero-order valence-corrected chi connectivity index (χ0v) is 12.3. The third kappa shape index (κ3) is 3.96. The van der Waals surface area contributed by atoms with E-state index in [4.69, 9.17) is 4.74 Å². The molecule has 4 unspecified atom stereocenters. The van der Waals surface area contributed by atoms with E-state index < -0.39 is 0 Å². The van der Waals surface area contributed by atoms with Crippen molar-refractivity contribution >= 4 is 0 Å². The molecule has 2 aliphatic rings. The molecular weight excluding hydrogens is 222 g/mol. The highest BCUT2D eigenvalue weighted by atomic mass is 16.5. The zero-order valence-electron chi connectivity index (χ0n) is 12.3. The van der Waals surface area contributed by atoms with Crippen LogP contribution >= 0.6 is 0 Å². The Morgan fingerprint density at radius 3 is 2.78 bits per heavy atom. The molecule has 0 heterocycles. The largest absolute Gasteiger partial charge is 0.385 e. The third-order valence-corrected chi connectivity index (χ3v) is 5.06. The van der Waals surface area contributed by atoms with Gasteiger partial charge in [0.15, 0.2) is 0 Å². The minimum Gasteiger partial charge on any atom is -0.385 e. The van der Waals surface area contributed by atoms with E-state index in [1.54, 1.807) is 6.42 Å². The van der Waals surface area contributed by atoms with Crippen LogP contribution in [0.1, 0.15) is 58.3 Å². The van der Waals surface area contributed by atoms with Crippen molar-refractivity contribution in [3.8, 4) is 0 Å².